The summed E-state index contributed by atoms with van der Waals surface area (Å²) in [6, 6.07) is 6.28. The van der Waals surface area contributed by atoms with Gasteiger partial charge in [0, 0.05) is 11.0 Å². The van der Waals surface area contributed by atoms with Crippen LogP contribution < -0.4 is 5.32 Å². The molecule has 1 saturated heterocycles. The van der Waals surface area contributed by atoms with Crippen molar-refractivity contribution in [1.29, 1.82) is 0 Å². The van der Waals surface area contributed by atoms with Crippen LogP contribution in [0.2, 0.25) is 0 Å². The van der Waals surface area contributed by atoms with Crippen LogP contribution in [0.4, 0.5) is 0 Å². The molecule has 0 aromatic heterocycles. The van der Waals surface area contributed by atoms with Crippen LogP contribution in [-0.4, -0.2) is 30.5 Å². The van der Waals surface area contributed by atoms with Gasteiger partial charge in [0.1, 0.15) is 0 Å². The molecule has 0 radical (unpaired) electrons. The minimum Gasteiger partial charge on any atom is -0.389 e. The van der Waals surface area contributed by atoms with Gasteiger partial charge in [0.15, 0.2) is 0 Å². The van der Waals surface area contributed by atoms with Gasteiger partial charge in [-0.3, -0.25) is 0 Å². The van der Waals surface area contributed by atoms with Gasteiger partial charge < -0.3 is 15.2 Å². The van der Waals surface area contributed by atoms with Crippen LogP contribution in [-0.2, 0) is 11.3 Å². The van der Waals surface area contributed by atoms with E-state index in [9.17, 15) is 5.11 Å². The van der Waals surface area contributed by atoms with Crippen molar-refractivity contribution in [3.05, 3.63) is 33.8 Å². The van der Waals surface area contributed by atoms with E-state index in [4.69, 9.17) is 4.74 Å². The lowest BCUT2D eigenvalue weighted by atomic mass is 10.1. The van der Waals surface area contributed by atoms with Gasteiger partial charge in [-0.1, -0.05) is 22.0 Å². The fraction of sp³-hybridized carbons (Fsp3) is 0.500. The van der Waals surface area contributed by atoms with Crippen molar-refractivity contribution in [1.82, 2.24) is 5.32 Å². The Morgan fingerprint density at radius 3 is 2.94 bits per heavy atom. The summed E-state index contributed by atoms with van der Waals surface area (Å²) in [5.41, 5.74) is 2.50. The molecule has 2 N–H and O–H groups in total. The molecule has 1 aliphatic rings. The van der Waals surface area contributed by atoms with Crippen LogP contribution in [0.25, 0.3) is 0 Å². The second kappa shape index (κ2) is 5.27. The Morgan fingerprint density at radius 1 is 1.50 bits per heavy atom. The van der Waals surface area contributed by atoms with E-state index in [-0.39, 0.29) is 12.1 Å². The molecule has 4 heteroatoms. The molecule has 1 aliphatic heterocycles. The Morgan fingerprint density at radius 2 is 2.31 bits per heavy atom. The van der Waals surface area contributed by atoms with E-state index >= 15 is 0 Å². The van der Waals surface area contributed by atoms with Crippen molar-refractivity contribution in [2.24, 2.45) is 0 Å². The largest absolute Gasteiger partial charge is 0.389 e. The van der Waals surface area contributed by atoms with Gasteiger partial charge in [-0.15, -0.1) is 0 Å². The molecule has 0 bridgehead atoms. The van der Waals surface area contributed by atoms with E-state index < -0.39 is 0 Å². The highest BCUT2D eigenvalue weighted by Gasteiger charge is 2.25. The molecule has 3 nitrogen and oxygen atoms in total. The van der Waals surface area contributed by atoms with Gasteiger partial charge in [-0.05, 0) is 30.2 Å². The summed E-state index contributed by atoms with van der Waals surface area (Å²) in [5.74, 6) is 0. The summed E-state index contributed by atoms with van der Waals surface area (Å²) in [7, 11) is 0. The Bertz CT molecular complexity index is 370. The lowest BCUT2D eigenvalue weighted by Crippen LogP contribution is -2.38. The Hall–Kier alpha value is -0.420. The van der Waals surface area contributed by atoms with Gasteiger partial charge in [0.05, 0.1) is 25.4 Å². The van der Waals surface area contributed by atoms with Crippen molar-refractivity contribution in [2.45, 2.75) is 25.6 Å². The lowest BCUT2D eigenvalue weighted by molar-refractivity contribution is 0.122. The van der Waals surface area contributed by atoms with Crippen molar-refractivity contribution in [2.75, 3.05) is 13.2 Å². The number of halogens is 1. The summed E-state index contributed by atoms with van der Waals surface area (Å²) < 4.78 is 6.28. The molecule has 1 heterocycles. The molecule has 0 amide bonds. The highest BCUT2D eigenvalue weighted by atomic mass is 79.9. The topological polar surface area (TPSA) is 41.5 Å². The standard InChI is InChI=1S/C12H16BrNO2/c1-8-4-10(13)3-2-9(8)5-14-11-6-16-7-12(11)15/h2-4,11-12,14-15H,5-7H2,1H3. The van der Waals surface area contributed by atoms with Gasteiger partial charge in [0.25, 0.3) is 0 Å². The molecule has 2 atom stereocenters. The van der Waals surface area contributed by atoms with Crippen LogP contribution in [0.15, 0.2) is 22.7 Å². The van der Waals surface area contributed by atoms with Crippen molar-refractivity contribution in [3.8, 4) is 0 Å². The van der Waals surface area contributed by atoms with Crippen molar-refractivity contribution in [3.63, 3.8) is 0 Å². The number of nitrogens with one attached hydrogen (secondary N) is 1. The molecule has 2 unspecified atom stereocenters. The minimum absolute atomic E-state index is 0.0584. The average Bonchev–Trinajstić information content (AvgIpc) is 2.63. The van der Waals surface area contributed by atoms with E-state index in [0.29, 0.717) is 13.2 Å². The number of aliphatic hydroxyl groups is 1. The molecule has 16 heavy (non-hydrogen) atoms. The number of aryl methyl sites for hydroxylation is 1. The molecule has 0 aliphatic carbocycles. The fourth-order valence-electron chi connectivity index (χ4n) is 1.84. The highest BCUT2D eigenvalue weighted by Crippen LogP contribution is 2.16. The second-order valence-electron chi connectivity index (χ2n) is 4.16. The molecule has 0 saturated carbocycles. The molecular formula is C12H16BrNO2. The van der Waals surface area contributed by atoms with Gasteiger partial charge in [-0.25, -0.2) is 0 Å². The third kappa shape index (κ3) is 2.83. The van der Waals surface area contributed by atoms with Gasteiger partial charge in [0.2, 0.25) is 0 Å². The van der Waals surface area contributed by atoms with E-state index in [0.717, 1.165) is 11.0 Å². The lowest BCUT2D eigenvalue weighted by Gasteiger charge is -2.15. The number of hydrogen-bond donors (Lipinski definition) is 2. The Kier molecular flexibility index (Phi) is 3.97. The van der Waals surface area contributed by atoms with E-state index in [1.165, 1.54) is 11.1 Å². The van der Waals surface area contributed by atoms with E-state index in [1.54, 1.807) is 0 Å². The van der Waals surface area contributed by atoms with Crippen LogP contribution in [0, 0.1) is 6.92 Å². The maximum Gasteiger partial charge on any atom is 0.0948 e. The van der Waals surface area contributed by atoms with E-state index in [2.05, 4.69) is 40.3 Å². The third-order valence-electron chi connectivity index (χ3n) is 2.91. The monoisotopic (exact) mass is 285 g/mol. The predicted octanol–water partition coefficient (Wildman–Crippen LogP) is 1.61. The summed E-state index contributed by atoms with van der Waals surface area (Å²) in [6.07, 6.45) is -0.379. The number of ether oxygens (including phenoxy) is 1. The third-order valence-corrected chi connectivity index (χ3v) is 3.40. The molecule has 1 aromatic carbocycles. The summed E-state index contributed by atoms with van der Waals surface area (Å²) in [4.78, 5) is 0. The van der Waals surface area contributed by atoms with Crippen LogP contribution in [0.3, 0.4) is 0 Å². The van der Waals surface area contributed by atoms with Crippen LogP contribution in [0.1, 0.15) is 11.1 Å². The maximum atomic E-state index is 9.59. The molecule has 0 spiro atoms. The Balaban J connectivity index is 1.94. The van der Waals surface area contributed by atoms with Crippen LogP contribution >= 0.6 is 15.9 Å². The number of rotatable bonds is 3. The smallest absolute Gasteiger partial charge is 0.0948 e. The van der Waals surface area contributed by atoms with Crippen molar-refractivity contribution >= 4 is 15.9 Å². The van der Waals surface area contributed by atoms with E-state index in [1.807, 2.05) is 6.07 Å². The van der Waals surface area contributed by atoms with Crippen molar-refractivity contribution < 1.29 is 9.84 Å². The summed E-state index contributed by atoms with van der Waals surface area (Å²) >= 11 is 3.44. The zero-order valence-electron chi connectivity index (χ0n) is 9.24. The zero-order chi connectivity index (χ0) is 11.5. The summed E-state index contributed by atoms with van der Waals surface area (Å²) in [6.45, 7) is 3.89. The molecule has 88 valence electrons. The highest BCUT2D eigenvalue weighted by molar-refractivity contribution is 9.10. The first-order valence-electron chi connectivity index (χ1n) is 5.41. The molecule has 1 fully saturated rings. The van der Waals surface area contributed by atoms with Gasteiger partial charge >= 0.3 is 0 Å². The predicted molar refractivity (Wildman–Crippen MR) is 66.3 cm³/mol. The zero-order valence-corrected chi connectivity index (χ0v) is 10.8. The first-order chi connectivity index (χ1) is 7.66. The summed E-state index contributed by atoms with van der Waals surface area (Å²) in [5, 5.41) is 12.9. The molecule has 1 aromatic rings. The quantitative estimate of drug-likeness (QED) is 0.887. The molecular weight excluding hydrogens is 270 g/mol. The fourth-order valence-corrected chi connectivity index (χ4v) is 2.31. The number of benzene rings is 1. The Labute approximate surface area is 104 Å². The maximum absolute atomic E-state index is 9.59. The first-order valence-corrected chi connectivity index (χ1v) is 6.20. The molecule has 2 rings (SSSR count). The first kappa shape index (κ1) is 12.0. The number of hydrogen-bond acceptors (Lipinski definition) is 3. The van der Waals surface area contributed by atoms with Gasteiger partial charge in [-0.2, -0.15) is 0 Å². The second-order valence-corrected chi connectivity index (χ2v) is 5.08. The SMILES string of the molecule is Cc1cc(Br)ccc1CNC1COCC1O. The van der Waals surface area contributed by atoms with Crippen LogP contribution in [0.5, 0.6) is 0 Å². The number of aliphatic hydroxyl groups excluding tert-OH is 1. The normalized spacial score (nSPS) is 24.9. The minimum atomic E-state index is -0.379. The average molecular weight is 286 g/mol.